The molecule has 2 aliphatic carbocycles. The summed E-state index contributed by atoms with van der Waals surface area (Å²) < 4.78 is 0. The van der Waals surface area contributed by atoms with Gasteiger partial charge in [-0.3, -0.25) is 4.79 Å². The molecule has 0 aromatic heterocycles. The number of anilines is 1. The minimum atomic E-state index is -0.173. The molecule has 2 aromatic carbocycles. The van der Waals surface area contributed by atoms with Gasteiger partial charge in [0.15, 0.2) is 0 Å². The highest BCUT2D eigenvalue weighted by atomic mass is 16.1. The number of amides is 1. The van der Waals surface area contributed by atoms with Gasteiger partial charge in [-0.2, -0.15) is 0 Å². The van der Waals surface area contributed by atoms with E-state index in [0.717, 1.165) is 30.6 Å². The van der Waals surface area contributed by atoms with Gasteiger partial charge in [0.1, 0.15) is 0 Å². The number of hydrogen-bond donors (Lipinski definition) is 3. The Morgan fingerprint density at radius 1 is 1.03 bits per heavy atom. The number of benzene rings is 2. The molecular weight excluding hydrogens is 370 g/mol. The smallest absolute Gasteiger partial charge is 0.250 e. The van der Waals surface area contributed by atoms with Crippen LogP contribution in [0.4, 0.5) is 5.69 Å². The number of carbonyl (C=O) groups is 1. The lowest BCUT2D eigenvalue weighted by Crippen LogP contribution is -2.35. The molecule has 0 unspecified atom stereocenters. The molecule has 0 fully saturated rings. The first-order valence-corrected chi connectivity index (χ1v) is 10.6. The van der Waals surface area contributed by atoms with Crippen LogP contribution >= 0.6 is 0 Å². The highest BCUT2D eigenvalue weighted by molar-refractivity contribution is 5.96. The lowest BCUT2D eigenvalue weighted by Gasteiger charge is -2.12. The zero-order valence-corrected chi connectivity index (χ0v) is 17.5. The van der Waals surface area contributed by atoms with Crippen LogP contribution in [0, 0.1) is 0 Å². The Morgan fingerprint density at radius 3 is 2.47 bits per heavy atom. The average molecular weight is 400 g/mol. The SMILES string of the molecule is C=C(/C=C(N)\C=C(/C)Nc1ccc2c(c1)CCC2)C(=O)NC1Cc2ccccc2C1. The second-order valence-electron chi connectivity index (χ2n) is 8.31. The highest BCUT2D eigenvalue weighted by Crippen LogP contribution is 2.25. The standard InChI is InChI=1S/C26H29N3O/c1-17(26(30)29-25-15-21-6-3-4-7-22(21)16-25)12-23(27)13-18(2)28-24-11-10-19-8-5-9-20(19)14-24/h3-4,6-7,10-14,25,28H,1,5,8-9,15-16,27H2,2H3,(H,29,30)/b18-13+,23-12+. The number of hydrogen-bond acceptors (Lipinski definition) is 3. The molecule has 0 radical (unpaired) electrons. The van der Waals surface area contributed by atoms with E-state index < -0.39 is 0 Å². The summed E-state index contributed by atoms with van der Waals surface area (Å²) in [6, 6.07) is 14.9. The van der Waals surface area contributed by atoms with Crippen LogP contribution in [0.25, 0.3) is 0 Å². The van der Waals surface area contributed by atoms with E-state index in [1.54, 1.807) is 6.08 Å². The number of allylic oxidation sites excluding steroid dienone is 2. The molecule has 2 aromatic rings. The second-order valence-corrected chi connectivity index (χ2v) is 8.31. The molecule has 4 nitrogen and oxygen atoms in total. The van der Waals surface area contributed by atoms with Crippen LogP contribution in [0.5, 0.6) is 0 Å². The molecule has 154 valence electrons. The fourth-order valence-electron chi connectivity index (χ4n) is 4.41. The van der Waals surface area contributed by atoms with Crippen molar-refractivity contribution >= 4 is 11.6 Å². The van der Waals surface area contributed by atoms with Gasteiger partial charge in [-0.05, 0) is 85.6 Å². The summed E-state index contributed by atoms with van der Waals surface area (Å²) in [5, 5.41) is 6.46. The summed E-state index contributed by atoms with van der Waals surface area (Å²) >= 11 is 0. The first kappa shape index (κ1) is 20.0. The lowest BCUT2D eigenvalue weighted by atomic mass is 10.1. The summed E-state index contributed by atoms with van der Waals surface area (Å²) in [5.74, 6) is -0.173. The van der Waals surface area contributed by atoms with Crippen LogP contribution in [0.2, 0.25) is 0 Å². The first-order valence-electron chi connectivity index (χ1n) is 10.6. The number of carbonyl (C=O) groups excluding carboxylic acids is 1. The van der Waals surface area contributed by atoms with Crippen molar-refractivity contribution in [2.75, 3.05) is 5.32 Å². The Morgan fingerprint density at radius 2 is 1.73 bits per heavy atom. The molecule has 0 bridgehead atoms. The van der Waals surface area contributed by atoms with E-state index in [2.05, 4.69) is 47.5 Å². The van der Waals surface area contributed by atoms with Crippen LogP contribution in [0.3, 0.4) is 0 Å². The molecule has 0 saturated carbocycles. The summed E-state index contributed by atoms with van der Waals surface area (Å²) in [6.45, 7) is 5.86. The molecule has 4 heteroatoms. The Kier molecular flexibility index (Phi) is 5.75. The molecule has 0 heterocycles. The van der Waals surface area contributed by atoms with E-state index in [1.807, 2.05) is 25.1 Å². The molecular formula is C26H29N3O. The number of fused-ring (bicyclic) bond motifs is 2. The Labute approximate surface area is 178 Å². The molecule has 30 heavy (non-hydrogen) atoms. The van der Waals surface area contributed by atoms with Crippen molar-refractivity contribution in [3.8, 4) is 0 Å². The summed E-state index contributed by atoms with van der Waals surface area (Å²) in [5.41, 5.74) is 14.5. The van der Waals surface area contributed by atoms with E-state index in [9.17, 15) is 4.79 Å². The monoisotopic (exact) mass is 399 g/mol. The van der Waals surface area contributed by atoms with Crippen molar-refractivity contribution in [1.82, 2.24) is 5.32 Å². The average Bonchev–Trinajstić information content (AvgIpc) is 3.33. The normalized spacial score (nSPS) is 16.2. The van der Waals surface area contributed by atoms with E-state index in [4.69, 9.17) is 5.73 Å². The van der Waals surface area contributed by atoms with Gasteiger partial charge < -0.3 is 16.4 Å². The number of nitrogens with two attached hydrogens (primary N) is 1. The van der Waals surface area contributed by atoms with Crippen LogP contribution in [0.1, 0.15) is 35.6 Å². The topological polar surface area (TPSA) is 67.1 Å². The van der Waals surface area contributed by atoms with Gasteiger partial charge in [-0.1, -0.05) is 36.9 Å². The Hall–Kier alpha value is -3.27. The fourth-order valence-corrected chi connectivity index (χ4v) is 4.41. The van der Waals surface area contributed by atoms with E-state index >= 15 is 0 Å². The van der Waals surface area contributed by atoms with Crippen molar-refractivity contribution in [2.45, 2.75) is 45.1 Å². The third-order valence-electron chi connectivity index (χ3n) is 5.84. The maximum atomic E-state index is 12.5. The van der Waals surface area contributed by atoms with E-state index in [0.29, 0.717) is 11.3 Å². The first-order chi connectivity index (χ1) is 14.5. The van der Waals surface area contributed by atoms with E-state index in [-0.39, 0.29) is 11.9 Å². The van der Waals surface area contributed by atoms with Gasteiger partial charge in [0.2, 0.25) is 0 Å². The van der Waals surface area contributed by atoms with Gasteiger partial charge in [0.05, 0.1) is 0 Å². The molecule has 4 rings (SSSR count). The van der Waals surface area contributed by atoms with Crippen molar-refractivity contribution in [3.63, 3.8) is 0 Å². The van der Waals surface area contributed by atoms with Gasteiger partial charge in [-0.15, -0.1) is 0 Å². The van der Waals surface area contributed by atoms with Crippen LogP contribution in [-0.2, 0) is 30.5 Å². The van der Waals surface area contributed by atoms with Gasteiger partial charge >= 0.3 is 0 Å². The third kappa shape index (κ3) is 4.65. The van der Waals surface area contributed by atoms with Gasteiger partial charge in [-0.25, -0.2) is 0 Å². The second kappa shape index (κ2) is 8.62. The third-order valence-corrected chi connectivity index (χ3v) is 5.84. The van der Waals surface area contributed by atoms with Crippen LogP contribution < -0.4 is 16.4 Å². The fraction of sp³-hybridized carbons (Fsp3) is 0.269. The minimum absolute atomic E-state index is 0.111. The van der Waals surface area contributed by atoms with Crippen molar-refractivity contribution in [3.05, 3.63) is 100 Å². The Bertz CT molecular complexity index is 1020. The van der Waals surface area contributed by atoms with Crippen molar-refractivity contribution in [2.24, 2.45) is 5.73 Å². The zero-order chi connectivity index (χ0) is 21.1. The molecule has 0 atom stereocenters. The summed E-state index contributed by atoms with van der Waals surface area (Å²) in [4.78, 5) is 12.5. The number of nitrogens with one attached hydrogen (secondary N) is 2. The van der Waals surface area contributed by atoms with Crippen molar-refractivity contribution in [1.29, 1.82) is 0 Å². The van der Waals surface area contributed by atoms with Crippen LogP contribution in [-0.4, -0.2) is 11.9 Å². The maximum absolute atomic E-state index is 12.5. The minimum Gasteiger partial charge on any atom is -0.399 e. The summed E-state index contributed by atoms with van der Waals surface area (Å²) in [6.07, 6.45) is 8.74. The van der Waals surface area contributed by atoms with Crippen molar-refractivity contribution < 1.29 is 4.79 Å². The molecule has 2 aliphatic rings. The predicted molar refractivity (Wildman–Crippen MR) is 123 cm³/mol. The quantitative estimate of drug-likeness (QED) is 0.504. The molecule has 0 spiro atoms. The molecule has 1 amide bonds. The summed E-state index contributed by atoms with van der Waals surface area (Å²) in [7, 11) is 0. The Balaban J connectivity index is 1.33. The highest BCUT2D eigenvalue weighted by Gasteiger charge is 2.22. The molecule has 4 N–H and O–H groups in total. The molecule has 0 aliphatic heterocycles. The van der Waals surface area contributed by atoms with Gasteiger partial charge in [0, 0.05) is 28.7 Å². The number of rotatable bonds is 6. The maximum Gasteiger partial charge on any atom is 0.250 e. The predicted octanol–water partition coefficient (Wildman–Crippen LogP) is 4.17. The molecule has 0 saturated heterocycles. The zero-order valence-electron chi connectivity index (χ0n) is 17.5. The number of aryl methyl sites for hydroxylation is 2. The van der Waals surface area contributed by atoms with Gasteiger partial charge in [0.25, 0.3) is 5.91 Å². The lowest BCUT2D eigenvalue weighted by molar-refractivity contribution is -0.117. The largest absolute Gasteiger partial charge is 0.399 e. The van der Waals surface area contributed by atoms with Crippen LogP contribution in [0.15, 0.2) is 78.2 Å². The van der Waals surface area contributed by atoms with E-state index in [1.165, 1.54) is 35.1 Å².